The zero-order valence-corrected chi connectivity index (χ0v) is 32.6. The van der Waals surface area contributed by atoms with Gasteiger partial charge in [0.2, 0.25) is 5.91 Å². The summed E-state index contributed by atoms with van der Waals surface area (Å²) in [6.45, 7) is 5.54. The molecule has 1 amide bonds. The van der Waals surface area contributed by atoms with Crippen molar-refractivity contribution in [3.8, 4) is 28.7 Å². The lowest BCUT2D eigenvalue weighted by molar-refractivity contribution is -0.145. The van der Waals surface area contributed by atoms with Gasteiger partial charge in [-0.05, 0) is 104 Å². The lowest BCUT2D eigenvalue weighted by Gasteiger charge is -2.31. The van der Waals surface area contributed by atoms with Crippen LogP contribution in [0.4, 0.5) is 0 Å². The van der Waals surface area contributed by atoms with E-state index in [2.05, 4.69) is 27.8 Å². The summed E-state index contributed by atoms with van der Waals surface area (Å²) in [4.78, 5) is 30.6. The molecular weight excluding hydrogens is 729 g/mol. The minimum atomic E-state index is -0.854. The third-order valence-corrected chi connectivity index (χ3v) is 10.5. The molecule has 1 unspecified atom stereocenters. The first-order valence-electron chi connectivity index (χ1n) is 18.3. The summed E-state index contributed by atoms with van der Waals surface area (Å²) in [5, 5.41) is 6.26. The summed E-state index contributed by atoms with van der Waals surface area (Å²) < 4.78 is 29.8. The van der Waals surface area contributed by atoms with E-state index in [1.54, 1.807) is 6.20 Å². The molecule has 7 rings (SSSR count). The molecule has 1 saturated carbocycles. The molecule has 0 bridgehead atoms. The number of rotatable bonds is 11. The number of hydrogen-bond acceptors (Lipinski definition) is 9. The van der Waals surface area contributed by atoms with Crippen molar-refractivity contribution < 1.29 is 33.3 Å². The van der Waals surface area contributed by atoms with Crippen LogP contribution >= 0.6 is 24.8 Å². The van der Waals surface area contributed by atoms with Crippen LogP contribution in [0.1, 0.15) is 71.7 Å². The van der Waals surface area contributed by atoms with Crippen molar-refractivity contribution >= 4 is 36.7 Å². The van der Waals surface area contributed by atoms with E-state index < -0.39 is 18.1 Å². The second-order valence-corrected chi connectivity index (χ2v) is 14.1. The molecule has 2 aliphatic heterocycles. The number of methoxy groups -OCH3 is 1. The van der Waals surface area contributed by atoms with Gasteiger partial charge in [-0.2, -0.15) is 0 Å². The quantitative estimate of drug-likeness (QED) is 0.148. The molecule has 3 aromatic carbocycles. The van der Waals surface area contributed by atoms with Gasteiger partial charge in [-0.1, -0.05) is 43.5 Å². The van der Waals surface area contributed by atoms with E-state index in [0.717, 1.165) is 51.6 Å². The fraction of sp³-hybridized carbons (Fsp3) is 0.405. The molecule has 4 aromatic rings. The first-order valence-corrected chi connectivity index (χ1v) is 18.3. The Labute approximate surface area is 329 Å². The monoisotopic (exact) mass is 777 g/mol. The molecule has 12 heteroatoms. The van der Waals surface area contributed by atoms with Crippen LogP contribution in [0.15, 0.2) is 72.9 Å². The number of aryl methyl sites for hydroxylation is 1. The van der Waals surface area contributed by atoms with Crippen molar-refractivity contribution in [3.63, 3.8) is 0 Å². The van der Waals surface area contributed by atoms with Gasteiger partial charge in [0, 0.05) is 30.4 Å². The van der Waals surface area contributed by atoms with Gasteiger partial charge in [-0.15, -0.1) is 24.8 Å². The lowest BCUT2D eigenvalue weighted by atomic mass is 9.90. The molecule has 1 aromatic heterocycles. The standard InChI is InChI=1S/C42H47N3O7.2ClH/c1-26-27(2)43-18-17-37(26)51-34-13-9-28(10-14-34)19-36(42(47)48-3)45-41(46)35-20-31-21-38-39(22-32(31)23-44-35)52-40(25-50-38)30-11-15-33(16-12-30)49-24-29-7-5-4-6-8-29;;/h9-18,21-22,29,35-36,40,44H,4-8,19-20,23-25H2,1-3H3,(H,45,46);2*1H/t35-,36?,40+;;/m0../s1. The van der Waals surface area contributed by atoms with Crippen LogP contribution in [-0.2, 0) is 33.7 Å². The summed E-state index contributed by atoms with van der Waals surface area (Å²) in [5.41, 5.74) is 5.81. The fourth-order valence-corrected chi connectivity index (χ4v) is 7.17. The van der Waals surface area contributed by atoms with Crippen LogP contribution in [0, 0.1) is 19.8 Å². The van der Waals surface area contributed by atoms with E-state index in [-0.39, 0.29) is 43.2 Å². The summed E-state index contributed by atoms with van der Waals surface area (Å²) in [6, 6.07) is 20.0. The second kappa shape index (κ2) is 18.7. The van der Waals surface area contributed by atoms with Crippen molar-refractivity contribution in [1.82, 2.24) is 15.6 Å². The smallest absolute Gasteiger partial charge is 0.328 e. The first-order chi connectivity index (χ1) is 25.3. The van der Waals surface area contributed by atoms with E-state index >= 15 is 0 Å². The highest BCUT2D eigenvalue weighted by molar-refractivity contribution is 5.88. The maximum Gasteiger partial charge on any atom is 0.328 e. The van der Waals surface area contributed by atoms with Crippen molar-refractivity contribution in [2.45, 2.75) is 83.5 Å². The zero-order valence-electron chi connectivity index (χ0n) is 30.9. The Balaban J connectivity index is 0.00000280. The van der Waals surface area contributed by atoms with Crippen LogP contribution in [-0.4, -0.2) is 49.3 Å². The minimum Gasteiger partial charge on any atom is -0.493 e. The Morgan fingerprint density at radius 3 is 2.39 bits per heavy atom. The van der Waals surface area contributed by atoms with Gasteiger partial charge in [0.15, 0.2) is 17.6 Å². The third-order valence-electron chi connectivity index (χ3n) is 10.5. The normalized spacial score (nSPS) is 18.1. The lowest BCUT2D eigenvalue weighted by Crippen LogP contribution is -2.53. The van der Waals surface area contributed by atoms with E-state index in [9.17, 15) is 9.59 Å². The van der Waals surface area contributed by atoms with E-state index in [0.29, 0.717) is 42.7 Å². The Morgan fingerprint density at radius 2 is 1.65 bits per heavy atom. The number of amides is 1. The summed E-state index contributed by atoms with van der Waals surface area (Å²) in [7, 11) is 1.32. The molecule has 3 atom stereocenters. The summed E-state index contributed by atoms with van der Waals surface area (Å²) in [6.07, 6.45) is 8.67. The Bertz CT molecular complexity index is 1880. The Kier molecular flexibility index (Phi) is 14.1. The molecule has 288 valence electrons. The number of nitrogens with zero attached hydrogens (tertiary/aromatic N) is 1. The predicted octanol–water partition coefficient (Wildman–Crippen LogP) is 7.72. The molecule has 0 radical (unpaired) electrons. The Morgan fingerprint density at radius 1 is 0.926 bits per heavy atom. The van der Waals surface area contributed by atoms with Gasteiger partial charge >= 0.3 is 5.97 Å². The van der Waals surface area contributed by atoms with Gasteiger partial charge in [0.1, 0.15) is 29.9 Å². The zero-order chi connectivity index (χ0) is 36.0. The van der Waals surface area contributed by atoms with Crippen LogP contribution in [0.2, 0.25) is 0 Å². The van der Waals surface area contributed by atoms with E-state index in [1.165, 1.54) is 39.2 Å². The number of benzene rings is 3. The SMILES string of the molecule is COC(=O)C(Cc1ccc(Oc2ccnc(C)c2C)cc1)NC(=O)[C@@H]1Cc2cc3c(cc2CN1)O[C@@H](c1ccc(OCC2CCCCC2)cc1)CO3.Cl.Cl. The molecule has 2 N–H and O–H groups in total. The number of carbonyl (C=O) groups excluding carboxylic acids is 2. The number of fused-ring (bicyclic) bond motifs is 2. The summed E-state index contributed by atoms with van der Waals surface area (Å²) >= 11 is 0. The molecule has 1 aliphatic carbocycles. The van der Waals surface area contributed by atoms with Crippen LogP contribution in [0.25, 0.3) is 0 Å². The highest BCUT2D eigenvalue weighted by Gasteiger charge is 2.31. The van der Waals surface area contributed by atoms with Crippen molar-refractivity contribution in [1.29, 1.82) is 0 Å². The average Bonchev–Trinajstić information content (AvgIpc) is 3.18. The highest BCUT2D eigenvalue weighted by atomic mass is 35.5. The number of ether oxygens (including phenoxy) is 5. The van der Waals surface area contributed by atoms with Gasteiger partial charge in [0.05, 0.1) is 19.8 Å². The van der Waals surface area contributed by atoms with Gasteiger partial charge in [0.25, 0.3) is 0 Å². The maximum absolute atomic E-state index is 13.5. The fourth-order valence-electron chi connectivity index (χ4n) is 7.17. The maximum atomic E-state index is 13.5. The molecule has 54 heavy (non-hydrogen) atoms. The molecule has 0 saturated heterocycles. The molecule has 3 heterocycles. The largest absolute Gasteiger partial charge is 0.493 e. The highest BCUT2D eigenvalue weighted by Crippen LogP contribution is 2.40. The van der Waals surface area contributed by atoms with Crippen molar-refractivity contribution in [2.24, 2.45) is 5.92 Å². The van der Waals surface area contributed by atoms with Gasteiger partial charge < -0.3 is 34.3 Å². The third kappa shape index (κ3) is 9.77. The topological polar surface area (TPSA) is 117 Å². The van der Waals surface area contributed by atoms with Crippen LogP contribution in [0.5, 0.6) is 28.7 Å². The number of carbonyl (C=O) groups is 2. The summed E-state index contributed by atoms with van der Waals surface area (Å²) in [5.74, 6) is 3.51. The van der Waals surface area contributed by atoms with Crippen LogP contribution in [0.3, 0.4) is 0 Å². The number of halogens is 2. The number of nitrogens with one attached hydrogen (secondary N) is 2. The average molecular weight is 779 g/mol. The van der Waals surface area contributed by atoms with Gasteiger partial charge in [-0.3, -0.25) is 9.78 Å². The number of esters is 1. The number of aromatic nitrogens is 1. The molecular formula is C42H49Cl2N3O7. The Hall–Kier alpha value is -4.51. The molecule has 3 aliphatic rings. The van der Waals surface area contributed by atoms with Crippen molar-refractivity contribution in [3.05, 3.63) is 106 Å². The predicted molar refractivity (Wildman–Crippen MR) is 211 cm³/mol. The second-order valence-electron chi connectivity index (χ2n) is 14.1. The number of hydrogen-bond donors (Lipinski definition) is 2. The van der Waals surface area contributed by atoms with Gasteiger partial charge in [-0.25, -0.2) is 4.79 Å². The first kappa shape index (κ1) is 40.7. The number of pyridine rings is 1. The van der Waals surface area contributed by atoms with E-state index in [1.807, 2.05) is 68.4 Å². The molecule has 1 fully saturated rings. The molecule has 0 spiro atoms. The van der Waals surface area contributed by atoms with Crippen LogP contribution < -0.4 is 29.6 Å². The minimum absolute atomic E-state index is 0. The molecule has 10 nitrogen and oxygen atoms in total. The van der Waals surface area contributed by atoms with E-state index in [4.69, 9.17) is 23.7 Å². The van der Waals surface area contributed by atoms with Crippen molar-refractivity contribution in [2.75, 3.05) is 20.3 Å².